The van der Waals surface area contributed by atoms with E-state index in [1.165, 1.54) is 32.0 Å². The van der Waals surface area contributed by atoms with Crippen LogP contribution in [0.3, 0.4) is 0 Å². The van der Waals surface area contributed by atoms with Crippen LogP contribution in [0, 0.1) is 6.92 Å². The van der Waals surface area contributed by atoms with Gasteiger partial charge >= 0.3 is 10.1 Å². The molecular weight excluding hydrogens is 366 g/mol. The Labute approximate surface area is 158 Å². The first-order valence-electron chi connectivity index (χ1n) is 8.59. The van der Waals surface area contributed by atoms with Crippen LogP contribution in [-0.2, 0) is 21.3 Å². The fourth-order valence-electron chi connectivity index (χ4n) is 3.40. The molecule has 142 valence electrons. The van der Waals surface area contributed by atoms with Crippen LogP contribution in [0.2, 0.25) is 0 Å². The number of Topliss-reactive ketones (excluding diaryl/α,β-unsaturated/α-hetero) is 1. The van der Waals surface area contributed by atoms with Gasteiger partial charge in [0.15, 0.2) is 11.5 Å². The maximum Gasteiger partial charge on any atom is 0.339 e. The van der Waals surface area contributed by atoms with Crippen LogP contribution >= 0.6 is 0 Å². The van der Waals surface area contributed by atoms with Crippen molar-refractivity contribution >= 4 is 27.5 Å². The van der Waals surface area contributed by atoms with E-state index in [0.717, 1.165) is 11.1 Å². The first-order chi connectivity index (χ1) is 12.6. The smallest absolute Gasteiger partial charge is 0.339 e. The number of amides is 1. The van der Waals surface area contributed by atoms with Gasteiger partial charge < -0.3 is 9.08 Å². The minimum Gasteiger partial charge on any atom is -0.378 e. The lowest BCUT2D eigenvalue weighted by Gasteiger charge is -2.20. The molecule has 0 saturated carbocycles. The zero-order chi connectivity index (χ0) is 19.9. The number of hydrogen-bond acceptors (Lipinski definition) is 5. The highest BCUT2D eigenvalue weighted by Gasteiger charge is 2.31. The molecule has 0 radical (unpaired) electrons. The summed E-state index contributed by atoms with van der Waals surface area (Å²) in [6, 6.07) is 9.32. The van der Waals surface area contributed by atoms with Crippen LogP contribution in [0.15, 0.2) is 41.3 Å². The van der Waals surface area contributed by atoms with Gasteiger partial charge in [0.2, 0.25) is 5.91 Å². The summed E-state index contributed by atoms with van der Waals surface area (Å²) in [6.07, 6.45) is 0.571. The topological polar surface area (TPSA) is 80.8 Å². The molecule has 0 spiro atoms. The predicted molar refractivity (Wildman–Crippen MR) is 102 cm³/mol. The zero-order valence-electron chi connectivity index (χ0n) is 15.6. The molecule has 1 amide bonds. The Morgan fingerprint density at radius 3 is 2.44 bits per heavy atom. The van der Waals surface area contributed by atoms with Crippen LogP contribution in [0.5, 0.6) is 5.75 Å². The van der Waals surface area contributed by atoms with Crippen LogP contribution in [0.4, 0.5) is 5.69 Å². The Morgan fingerprint density at radius 1 is 1.11 bits per heavy atom. The molecule has 2 aromatic carbocycles. The van der Waals surface area contributed by atoms with E-state index in [0.29, 0.717) is 12.1 Å². The normalized spacial score (nSPS) is 16.1. The molecule has 0 saturated heterocycles. The molecule has 1 aliphatic heterocycles. The molecular formula is C20H21NO5S. The number of benzene rings is 2. The standard InChI is InChI=1S/C20H21NO5S/c1-12-5-8-20(18(9-12)14(3)22)26-27(24,25)17-6-7-19-16(11-17)10-13(2)21(19)15(4)23/h5-9,11,13H,10H2,1-4H3. The van der Waals surface area contributed by atoms with Gasteiger partial charge in [-0.25, -0.2) is 0 Å². The minimum absolute atomic E-state index is 0.00562. The fraction of sp³-hybridized carbons (Fsp3) is 0.300. The Kier molecular flexibility index (Phi) is 4.82. The molecule has 6 nitrogen and oxygen atoms in total. The SMILES string of the molecule is CC(=O)c1cc(C)ccc1OS(=O)(=O)c1ccc2c(c1)CC(C)N2C(C)=O. The third-order valence-electron chi connectivity index (χ3n) is 4.61. The molecule has 1 heterocycles. The number of hydrogen-bond donors (Lipinski definition) is 0. The minimum atomic E-state index is -4.11. The van der Waals surface area contributed by atoms with E-state index in [9.17, 15) is 18.0 Å². The highest BCUT2D eigenvalue weighted by Crippen LogP contribution is 2.34. The summed E-state index contributed by atoms with van der Waals surface area (Å²) in [4.78, 5) is 25.3. The maximum atomic E-state index is 12.7. The fourth-order valence-corrected chi connectivity index (χ4v) is 4.40. The summed E-state index contributed by atoms with van der Waals surface area (Å²) in [5, 5.41) is 0. The second-order valence-corrected chi connectivity index (χ2v) is 8.37. The van der Waals surface area contributed by atoms with Crippen molar-refractivity contribution in [3.63, 3.8) is 0 Å². The zero-order valence-corrected chi connectivity index (χ0v) is 16.5. The van der Waals surface area contributed by atoms with Gasteiger partial charge in [-0.3, -0.25) is 9.59 Å². The quantitative estimate of drug-likeness (QED) is 0.594. The second-order valence-electron chi connectivity index (χ2n) is 6.83. The summed E-state index contributed by atoms with van der Waals surface area (Å²) >= 11 is 0. The molecule has 1 aliphatic rings. The van der Waals surface area contributed by atoms with Gasteiger partial charge in [-0.15, -0.1) is 0 Å². The van der Waals surface area contributed by atoms with Crippen molar-refractivity contribution in [3.05, 3.63) is 53.1 Å². The van der Waals surface area contributed by atoms with Gasteiger partial charge in [-0.1, -0.05) is 11.6 Å². The molecule has 1 atom stereocenters. The average Bonchev–Trinajstić information content (AvgIpc) is 2.91. The maximum absolute atomic E-state index is 12.7. The number of nitrogens with zero attached hydrogens (tertiary/aromatic N) is 1. The van der Waals surface area contributed by atoms with E-state index in [-0.39, 0.29) is 33.9 Å². The Morgan fingerprint density at radius 2 is 1.81 bits per heavy atom. The number of carbonyl (C=O) groups excluding carboxylic acids is 2. The van der Waals surface area contributed by atoms with E-state index in [1.807, 2.05) is 13.8 Å². The highest BCUT2D eigenvalue weighted by molar-refractivity contribution is 7.87. The first-order valence-corrected chi connectivity index (χ1v) is 10.00. The van der Waals surface area contributed by atoms with E-state index in [1.54, 1.807) is 23.1 Å². The van der Waals surface area contributed by atoms with Crippen LogP contribution in [0.25, 0.3) is 0 Å². The number of anilines is 1. The summed E-state index contributed by atoms with van der Waals surface area (Å²) in [7, 11) is -4.11. The van der Waals surface area contributed by atoms with Gasteiger partial charge in [0.1, 0.15) is 4.90 Å². The average molecular weight is 387 g/mol. The molecule has 0 bridgehead atoms. The Hall–Kier alpha value is -2.67. The van der Waals surface area contributed by atoms with E-state index in [2.05, 4.69) is 0 Å². The van der Waals surface area contributed by atoms with E-state index < -0.39 is 10.1 Å². The van der Waals surface area contributed by atoms with Crippen molar-refractivity contribution in [2.45, 2.75) is 45.1 Å². The molecule has 0 aromatic heterocycles. The third-order valence-corrected chi connectivity index (χ3v) is 5.84. The second kappa shape index (κ2) is 6.81. The molecule has 7 heteroatoms. The summed E-state index contributed by atoms with van der Waals surface area (Å²) in [5.74, 6) is -0.352. The molecule has 3 rings (SSSR count). The van der Waals surface area contributed by atoms with E-state index in [4.69, 9.17) is 4.18 Å². The lowest BCUT2D eigenvalue weighted by molar-refractivity contribution is -0.116. The van der Waals surface area contributed by atoms with Gasteiger partial charge in [-0.2, -0.15) is 8.42 Å². The van der Waals surface area contributed by atoms with Gasteiger partial charge in [0, 0.05) is 18.7 Å². The van der Waals surface area contributed by atoms with E-state index >= 15 is 0 Å². The summed E-state index contributed by atoms with van der Waals surface area (Å²) in [6.45, 7) is 6.58. The molecule has 2 aromatic rings. The summed E-state index contributed by atoms with van der Waals surface area (Å²) < 4.78 is 30.8. The van der Waals surface area contributed by atoms with Crippen LogP contribution < -0.4 is 9.08 Å². The molecule has 0 N–H and O–H groups in total. The Bertz CT molecular complexity index is 1040. The largest absolute Gasteiger partial charge is 0.378 e. The van der Waals surface area contributed by atoms with Crippen molar-refractivity contribution in [3.8, 4) is 5.75 Å². The van der Waals surface area contributed by atoms with Gasteiger partial charge in [0.25, 0.3) is 0 Å². The summed E-state index contributed by atoms with van der Waals surface area (Å²) in [5.41, 5.74) is 2.55. The van der Waals surface area contributed by atoms with Crippen LogP contribution in [0.1, 0.15) is 42.3 Å². The van der Waals surface area contributed by atoms with Crippen molar-refractivity contribution in [1.29, 1.82) is 0 Å². The number of ketones is 1. The third kappa shape index (κ3) is 3.60. The van der Waals surface area contributed by atoms with Crippen molar-refractivity contribution in [2.24, 2.45) is 0 Å². The van der Waals surface area contributed by atoms with Gasteiger partial charge in [0.05, 0.1) is 5.56 Å². The highest BCUT2D eigenvalue weighted by atomic mass is 32.2. The van der Waals surface area contributed by atoms with Crippen molar-refractivity contribution < 1.29 is 22.2 Å². The first kappa shape index (κ1) is 19.1. The van der Waals surface area contributed by atoms with Crippen molar-refractivity contribution in [1.82, 2.24) is 0 Å². The lowest BCUT2D eigenvalue weighted by Crippen LogP contribution is -2.33. The Balaban J connectivity index is 1.97. The number of carbonyl (C=O) groups is 2. The van der Waals surface area contributed by atoms with Crippen molar-refractivity contribution in [2.75, 3.05) is 4.90 Å². The molecule has 0 fully saturated rings. The molecule has 0 aliphatic carbocycles. The molecule has 1 unspecified atom stereocenters. The monoisotopic (exact) mass is 387 g/mol. The molecule has 27 heavy (non-hydrogen) atoms. The van der Waals surface area contributed by atoms with Gasteiger partial charge in [-0.05, 0) is 63.1 Å². The number of rotatable bonds is 4. The predicted octanol–water partition coefficient (Wildman–Crippen LogP) is 3.26. The number of aryl methyl sites for hydroxylation is 1. The lowest BCUT2D eigenvalue weighted by atomic mass is 10.1. The number of fused-ring (bicyclic) bond motifs is 1. The van der Waals surface area contributed by atoms with Crippen LogP contribution in [-0.4, -0.2) is 26.2 Å².